The van der Waals surface area contributed by atoms with Crippen molar-refractivity contribution in [2.24, 2.45) is 0 Å². The van der Waals surface area contributed by atoms with E-state index in [9.17, 15) is 0 Å². The van der Waals surface area contributed by atoms with Gasteiger partial charge in [0.1, 0.15) is 0 Å². The van der Waals surface area contributed by atoms with E-state index in [-0.39, 0.29) is 0 Å². The molecule has 0 aliphatic carbocycles. The lowest BCUT2D eigenvalue weighted by Crippen LogP contribution is -1.90. The minimum Gasteiger partial charge on any atom is -0.380 e. The summed E-state index contributed by atoms with van der Waals surface area (Å²) in [5, 5.41) is 10.6. The molecule has 90 valence electrons. The fraction of sp³-hybridized carbons (Fsp3) is 0.0833. The maximum Gasteiger partial charge on any atom is 0.181 e. The van der Waals surface area contributed by atoms with Gasteiger partial charge in [-0.15, -0.1) is 0 Å². The van der Waals surface area contributed by atoms with Gasteiger partial charge in [0.15, 0.2) is 11.6 Å². The van der Waals surface area contributed by atoms with Gasteiger partial charge < -0.3 is 10.3 Å². The molecule has 0 aliphatic heterocycles. The number of nitrogens with two attached hydrogens (primary N) is 1. The van der Waals surface area contributed by atoms with Gasteiger partial charge in [0.2, 0.25) is 0 Å². The van der Waals surface area contributed by atoms with Crippen LogP contribution in [0.3, 0.4) is 0 Å². The highest BCUT2D eigenvalue weighted by Gasteiger charge is 2.20. The van der Waals surface area contributed by atoms with E-state index in [0.29, 0.717) is 17.1 Å². The lowest BCUT2D eigenvalue weighted by molar-refractivity contribution is 0.436. The maximum atomic E-state index is 5.85. The zero-order valence-corrected chi connectivity index (χ0v) is 9.71. The van der Waals surface area contributed by atoms with Crippen molar-refractivity contribution in [2.75, 3.05) is 5.73 Å². The molecular formula is C12H11N5O. The van der Waals surface area contributed by atoms with Crippen LogP contribution in [-0.4, -0.2) is 20.3 Å². The lowest BCUT2D eigenvalue weighted by Gasteiger charge is -2.00. The van der Waals surface area contributed by atoms with E-state index in [2.05, 4.69) is 20.3 Å². The van der Waals surface area contributed by atoms with E-state index in [1.165, 1.54) is 0 Å². The van der Waals surface area contributed by atoms with Gasteiger partial charge in [-0.1, -0.05) is 11.2 Å². The van der Waals surface area contributed by atoms with Gasteiger partial charge in [0.25, 0.3) is 0 Å². The highest BCUT2D eigenvalue weighted by molar-refractivity contribution is 5.85. The van der Waals surface area contributed by atoms with Crippen molar-refractivity contribution in [3.63, 3.8) is 0 Å². The van der Waals surface area contributed by atoms with Crippen molar-refractivity contribution in [1.82, 2.24) is 20.3 Å². The molecule has 6 nitrogen and oxygen atoms in total. The molecule has 0 spiro atoms. The number of rotatable bonds is 2. The smallest absolute Gasteiger partial charge is 0.181 e. The molecule has 3 aromatic rings. The summed E-state index contributed by atoms with van der Waals surface area (Å²) in [6, 6.07) is 5.60. The summed E-state index contributed by atoms with van der Waals surface area (Å²) in [5.74, 6) is 0.904. The van der Waals surface area contributed by atoms with Crippen molar-refractivity contribution in [3.8, 4) is 22.6 Å². The zero-order valence-electron chi connectivity index (χ0n) is 9.71. The van der Waals surface area contributed by atoms with Crippen LogP contribution < -0.4 is 5.73 Å². The van der Waals surface area contributed by atoms with Crippen molar-refractivity contribution in [3.05, 3.63) is 36.3 Å². The Balaban J connectivity index is 2.22. The quantitative estimate of drug-likeness (QED) is 0.715. The van der Waals surface area contributed by atoms with Crippen LogP contribution in [0.15, 0.2) is 35.1 Å². The number of aromatic nitrogens is 4. The Kier molecular flexibility index (Phi) is 2.33. The Morgan fingerprint density at radius 2 is 2.22 bits per heavy atom. The molecule has 3 aromatic heterocycles. The summed E-state index contributed by atoms with van der Waals surface area (Å²) in [5.41, 5.74) is 9.00. The first-order chi connectivity index (χ1) is 8.77. The second-order valence-corrected chi connectivity index (χ2v) is 3.90. The van der Waals surface area contributed by atoms with Gasteiger partial charge >= 0.3 is 0 Å². The summed E-state index contributed by atoms with van der Waals surface area (Å²) in [6.07, 6.45) is 3.38. The third-order valence-corrected chi connectivity index (χ3v) is 2.71. The molecule has 0 radical (unpaired) electrons. The van der Waals surface area contributed by atoms with Crippen molar-refractivity contribution in [2.45, 2.75) is 6.92 Å². The van der Waals surface area contributed by atoms with Gasteiger partial charge in [-0.25, -0.2) is 0 Å². The molecule has 0 saturated heterocycles. The Hall–Kier alpha value is -2.63. The van der Waals surface area contributed by atoms with Crippen LogP contribution in [0.4, 0.5) is 5.82 Å². The first-order valence-corrected chi connectivity index (χ1v) is 5.44. The van der Waals surface area contributed by atoms with Crippen LogP contribution in [0, 0.1) is 6.92 Å². The number of hydrogen-bond donors (Lipinski definition) is 2. The van der Waals surface area contributed by atoms with Crippen LogP contribution in [-0.2, 0) is 0 Å². The van der Waals surface area contributed by atoms with Gasteiger partial charge in [0, 0.05) is 11.9 Å². The molecule has 0 atom stereocenters. The molecule has 0 unspecified atom stereocenters. The number of hydrogen-bond acceptors (Lipinski definition) is 5. The molecule has 0 saturated carbocycles. The number of anilines is 1. The molecule has 3 N–H and O–H groups in total. The van der Waals surface area contributed by atoms with Gasteiger partial charge in [-0.05, 0) is 19.1 Å². The minimum absolute atomic E-state index is 0.323. The van der Waals surface area contributed by atoms with Crippen LogP contribution in [0.5, 0.6) is 0 Å². The third-order valence-electron chi connectivity index (χ3n) is 2.71. The second-order valence-electron chi connectivity index (χ2n) is 3.90. The first kappa shape index (κ1) is 10.5. The van der Waals surface area contributed by atoms with Crippen LogP contribution in [0.1, 0.15) is 5.69 Å². The normalized spacial score (nSPS) is 10.7. The Labute approximate surface area is 103 Å². The molecule has 3 heterocycles. The van der Waals surface area contributed by atoms with Gasteiger partial charge in [-0.2, -0.15) is 5.10 Å². The number of nitrogens with one attached hydrogen (secondary N) is 1. The molecule has 0 bridgehead atoms. The fourth-order valence-corrected chi connectivity index (χ4v) is 1.82. The summed E-state index contributed by atoms with van der Waals surface area (Å²) in [6.45, 7) is 1.91. The third kappa shape index (κ3) is 1.55. The highest BCUT2D eigenvalue weighted by Crippen LogP contribution is 2.36. The first-order valence-electron chi connectivity index (χ1n) is 5.44. The average Bonchev–Trinajstić information content (AvgIpc) is 2.96. The van der Waals surface area contributed by atoms with Crippen molar-refractivity contribution < 1.29 is 4.52 Å². The molecule has 0 amide bonds. The average molecular weight is 241 g/mol. The van der Waals surface area contributed by atoms with E-state index >= 15 is 0 Å². The molecule has 0 aromatic carbocycles. The summed E-state index contributed by atoms with van der Waals surface area (Å²) in [4.78, 5) is 4.27. The Morgan fingerprint density at radius 3 is 2.89 bits per heavy atom. The fourth-order valence-electron chi connectivity index (χ4n) is 1.82. The number of nitrogens with zero attached hydrogens (tertiary/aromatic N) is 3. The summed E-state index contributed by atoms with van der Waals surface area (Å²) < 4.78 is 5.30. The second kappa shape index (κ2) is 3.99. The van der Waals surface area contributed by atoms with E-state index in [1.807, 2.05) is 25.1 Å². The predicted octanol–water partition coefficient (Wildman–Crippen LogP) is 2.02. The number of pyridine rings is 1. The Morgan fingerprint density at radius 1 is 1.33 bits per heavy atom. The van der Waals surface area contributed by atoms with Crippen LogP contribution in [0.25, 0.3) is 22.6 Å². The molecule has 0 aliphatic rings. The summed E-state index contributed by atoms with van der Waals surface area (Å²) >= 11 is 0. The number of aryl methyl sites for hydroxylation is 1. The number of nitrogen functional groups attached to an aromatic ring is 1. The number of H-pyrrole nitrogens is 1. The monoisotopic (exact) mass is 241 g/mol. The lowest BCUT2D eigenvalue weighted by atomic mass is 10.1. The van der Waals surface area contributed by atoms with Crippen LogP contribution in [0.2, 0.25) is 0 Å². The molecule has 3 rings (SSSR count). The largest absolute Gasteiger partial charge is 0.380 e. The van der Waals surface area contributed by atoms with Gasteiger partial charge in [0.05, 0.1) is 23.0 Å². The van der Waals surface area contributed by atoms with Crippen molar-refractivity contribution in [1.29, 1.82) is 0 Å². The minimum atomic E-state index is 0.323. The van der Waals surface area contributed by atoms with E-state index in [1.54, 1.807) is 12.4 Å². The number of aromatic amines is 1. The SMILES string of the molecule is Cc1[nH]ncc1-c1onc(N)c1-c1ccccn1. The molecule has 0 fully saturated rings. The molecule has 18 heavy (non-hydrogen) atoms. The van der Waals surface area contributed by atoms with Gasteiger partial charge in [-0.3, -0.25) is 10.1 Å². The Bertz CT molecular complexity index is 671. The van der Waals surface area contributed by atoms with E-state index < -0.39 is 0 Å². The maximum absolute atomic E-state index is 5.85. The molecule has 6 heteroatoms. The predicted molar refractivity (Wildman–Crippen MR) is 66.5 cm³/mol. The highest BCUT2D eigenvalue weighted by atomic mass is 16.5. The topological polar surface area (TPSA) is 93.6 Å². The molecular weight excluding hydrogens is 230 g/mol. The summed E-state index contributed by atoms with van der Waals surface area (Å²) in [7, 11) is 0. The van der Waals surface area contributed by atoms with E-state index in [0.717, 1.165) is 17.0 Å². The van der Waals surface area contributed by atoms with Crippen molar-refractivity contribution >= 4 is 5.82 Å². The standard InChI is InChI=1S/C12H11N5O/c1-7-8(6-15-16-7)11-10(12(13)17-18-11)9-4-2-3-5-14-9/h2-6H,1H3,(H2,13,17)(H,15,16). The van der Waals surface area contributed by atoms with Crippen LogP contribution >= 0.6 is 0 Å². The van der Waals surface area contributed by atoms with E-state index in [4.69, 9.17) is 10.3 Å². The zero-order chi connectivity index (χ0) is 12.5.